The molecule has 596 valence electrons. The van der Waals surface area contributed by atoms with Gasteiger partial charge in [0.1, 0.15) is 31.7 Å². The molecule has 0 fully saturated rings. The Hall–Kier alpha value is -13.7. The van der Waals surface area contributed by atoms with Gasteiger partial charge in [-0.1, -0.05) is 83.3 Å². The fraction of sp³-hybridized carbons (Fsp3) is 0.0385. The zero-order valence-electron chi connectivity index (χ0n) is 61.2. The molecule has 32 nitrogen and oxygen atoms in total. The van der Waals surface area contributed by atoms with Crippen molar-refractivity contribution < 1.29 is 37.1 Å². The first kappa shape index (κ1) is 88.9. The predicted molar refractivity (Wildman–Crippen MR) is 451 cm³/mol. The van der Waals surface area contributed by atoms with Gasteiger partial charge in [0.25, 0.3) is 0 Å². The van der Waals surface area contributed by atoms with E-state index in [4.69, 9.17) is 45.1 Å². The van der Waals surface area contributed by atoms with Crippen LogP contribution in [0, 0.1) is 0 Å². The van der Waals surface area contributed by atoms with Gasteiger partial charge in [-0.05, 0) is 146 Å². The van der Waals surface area contributed by atoms with Gasteiger partial charge in [0, 0.05) is 177 Å². The number of aromatic amines is 3. The minimum absolute atomic E-state index is 0.0670. The van der Waals surface area contributed by atoms with Gasteiger partial charge < -0.3 is 47.9 Å². The standard InChI is InChI=1S/C17H13N3O2S.C15H14N6O3S.C15H14N6OS.C10H9N3S.C7H5ClO2.C6H7NS.C4H3ClN2.C4H7N3/c21-17(22-14-4-2-1-3-5-14)20-13-6-8-15(9-7-13)23-16-12-18-10-11-19-16;22-15(18-7-11-8-19-20-9-11)21-12-1-3-13(4-2-12)25(23,24)14-10-16-5-6-17-14;22-15(18-7-11-8-19-20-9-11)21-12-1-3-13(4-2-12)23-14-10-16-5-6-17-14;11-8-1-3-9(4-2-8)14-10-7-12-5-6-13-10;8-7(9)10-6-4-2-1-3-5-6;7-5-1-3-6(8)4-2-5;5-4-3-6-1-2-7-4;5-1-4-2-6-7-3-4/h1-12H,(H,20,21);1-6,8-10H,7H2,(H,19,20)(H2,18,21,22);1-6,8-10H,7H2,(H,19,20)(H2,18,21,22);1-7H,11H2;1-5H;1-4,8H,7H2;1-3H;2-3H,1,5H2,(H,6,7). The summed E-state index contributed by atoms with van der Waals surface area (Å²) in [5, 5.41) is 35.6. The number of urea groups is 2. The number of nitrogen functional groups attached to an aromatic ring is 2. The average Bonchev–Trinajstić information content (AvgIpc) is 1.63. The lowest BCUT2D eigenvalue weighted by Gasteiger charge is -2.08. The number of carbonyl (C=O) groups is 4. The Labute approximate surface area is 699 Å². The summed E-state index contributed by atoms with van der Waals surface area (Å²) >= 11 is 19.0. The monoisotopic (exact) mass is 1700 g/mol. The highest BCUT2D eigenvalue weighted by Gasteiger charge is 2.19. The summed E-state index contributed by atoms with van der Waals surface area (Å²) < 4.78 is 34.5. The quantitative estimate of drug-likeness (QED) is 0.0216. The summed E-state index contributed by atoms with van der Waals surface area (Å²) in [7, 11) is -3.74. The summed E-state index contributed by atoms with van der Waals surface area (Å²) in [5.41, 5.74) is 21.6. The second-order valence-electron chi connectivity index (χ2n) is 22.4. The minimum atomic E-state index is -3.74. The fourth-order valence-corrected chi connectivity index (χ4v) is 12.0. The van der Waals surface area contributed by atoms with Crippen molar-refractivity contribution in [1.82, 2.24) is 91.1 Å². The van der Waals surface area contributed by atoms with Gasteiger partial charge in [0.05, 0.1) is 54.5 Å². The van der Waals surface area contributed by atoms with Crippen molar-refractivity contribution in [2.45, 2.75) is 64.2 Å². The molecule has 117 heavy (non-hydrogen) atoms. The smallest absolute Gasteiger partial charge is 0.415 e. The maximum atomic E-state index is 12.4. The van der Waals surface area contributed by atoms with Gasteiger partial charge in [0.15, 0.2) is 5.03 Å². The van der Waals surface area contributed by atoms with E-state index in [0.717, 1.165) is 68.4 Å². The number of para-hydroxylation sites is 2. The molecule has 0 saturated heterocycles. The Kier molecular flexibility index (Phi) is 38.3. The first-order valence-electron chi connectivity index (χ1n) is 34.0. The van der Waals surface area contributed by atoms with E-state index in [1.54, 1.807) is 166 Å². The highest BCUT2D eigenvalue weighted by atomic mass is 35.5. The molecule has 39 heteroatoms. The van der Waals surface area contributed by atoms with Gasteiger partial charge in [0.2, 0.25) is 9.84 Å². The Bertz CT molecular complexity index is 5380. The maximum Gasteiger partial charge on any atom is 0.417 e. The average molecular weight is 1700 g/mol. The molecule has 0 atom stereocenters. The number of hydrogen-bond donors (Lipinski definition) is 12. The topological polar surface area (TPSA) is 474 Å². The number of sulfone groups is 1. The Morgan fingerprint density at radius 3 is 1.15 bits per heavy atom. The lowest BCUT2D eigenvalue weighted by molar-refractivity contribution is 0.215. The molecule has 5 amide bonds. The van der Waals surface area contributed by atoms with Crippen LogP contribution in [0.25, 0.3) is 0 Å². The zero-order chi connectivity index (χ0) is 82.9. The summed E-state index contributed by atoms with van der Waals surface area (Å²) in [5.74, 6) is 0.960. The van der Waals surface area contributed by atoms with Crippen molar-refractivity contribution >= 4 is 133 Å². The summed E-state index contributed by atoms with van der Waals surface area (Å²) in [4.78, 5) is 89.3. The van der Waals surface area contributed by atoms with Crippen molar-refractivity contribution in [3.63, 3.8) is 0 Å². The van der Waals surface area contributed by atoms with Crippen LogP contribution < -0.4 is 53.3 Å². The van der Waals surface area contributed by atoms with Crippen LogP contribution in [0.3, 0.4) is 0 Å². The van der Waals surface area contributed by atoms with Gasteiger partial charge in [-0.25, -0.2) is 52.5 Å². The van der Waals surface area contributed by atoms with Gasteiger partial charge in [-0.3, -0.25) is 45.5 Å². The van der Waals surface area contributed by atoms with Crippen molar-refractivity contribution in [1.29, 1.82) is 0 Å². The minimum Gasteiger partial charge on any atom is -0.415 e. The maximum absolute atomic E-state index is 12.4. The van der Waals surface area contributed by atoms with Crippen molar-refractivity contribution in [2.24, 2.45) is 5.73 Å². The van der Waals surface area contributed by atoms with Crippen LogP contribution in [0.2, 0.25) is 5.15 Å². The molecule has 0 saturated carbocycles. The largest absolute Gasteiger partial charge is 0.417 e. The summed E-state index contributed by atoms with van der Waals surface area (Å²) in [6.07, 6.45) is 33.2. The van der Waals surface area contributed by atoms with Gasteiger partial charge >= 0.3 is 23.6 Å². The molecule has 0 aliphatic rings. The highest BCUT2D eigenvalue weighted by molar-refractivity contribution is 7.99. The Morgan fingerprint density at radius 2 is 0.803 bits per heavy atom. The molecular formula is C78H72Cl2N24O8S5. The number of nitrogens with two attached hydrogens (primary N) is 3. The predicted octanol–water partition coefficient (Wildman–Crippen LogP) is 15.5. The molecule has 15 rings (SSSR count). The van der Waals surface area contributed by atoms with Crippen molar-refractivity contribution in [2.75, 3.05) is 27.4 Å². The molecular weight excluding hydrogens is 1630 g/mol. The lowest BCUT2D eigenvalue weighted by Crippen LogP contribution is -2.28. The number of halogens is 2. The van der Waals surface area contributed by atoms with Crippen LogP contribution in [-0.2, 0) is 29.5 Å². The van der Waals surface area contributed by atoms with Crippen LogP contribution in [0.4, 0.5) is 47.6 Å². The summed E-state index contributed by atoms with van der Waals surface area (Å²) in [6.45, 7) is 1.31. The van der Waals surface area contributed by atoms with E-state index in [9.17, 15) is 27.6 Å². The van der Waals surface area contributed by atoms with E-state index in [2.05, 4.69) is 124 Å². The number of rotatable bonds is 18. The van der Waals surface area contributed by atoms with Crippen LogP contribution in [0.15, 0.2) is 357 Å². The third-order valence-corrected chi connectivity index (χ3v) is 18.8. The van der Waals surface area contributed by atoms with E-state index < -0.39 is 27.4 Å². The molecule has 8 aromatic heterocycles. The normalized spacial score (nSPS) is 10.0. The third-order valence-electron chi connectivity index (χ3n) is 13.7. The van der Waals surface area contributed by atoms with E-state index in [1.165, 1.54) is 72.6 Å². The number of nitrogens with one attached hydrogen (secondary N) is 8. The second-order valence-corrected chi connectivity index (χ2v) is 28.8. The number of benzene rings is 7. The number of H-pyrrole nitrogens is 3. The van der Waals surface area contributed by atoms with E-state index in [0.29, 0.717) is 47.7 Å². The number of anilines is 5. The zero-order valence-corrected chi connectivity index (χ0v) is 66.9. The van der Waals surface area contributed by atoms with Crippen molar-refractivity contribution in [3.05, 3.63) is 334 Å². The van der Waals surface area contributed by atoms with E-state index >= 15 is 0 Å². The van der Waals surface area contributed by atoms with E-state index in [-0.39, 0.29) is 16.0 Å². The second kappa shape index (κ2) is 50.4. The van der Waals surface area contributed by atoms with Crippen LogP contribution in [-0.4, -0.2) is 112 Å². The number of thiol groups is 1. The number of nitrogens with zero attached hydrogens (tertiary/aromatic N) is 13. The van der Waals surface area contributed by atoms with Gasteiger partial charge in [-0.15, -0.1) is 12.6 Å². The fourth-order valence-electron chi connectivity index (χ4n) is 8.32. The lowest BCUT2D eigenvalue weighted by atomic mass is 10.3. The Balaban J connectivity index is 0.000000174. The summed E-state index contributed by atoms with van der Waals surface area (Å²) in [6, 6.07) is 52.7. The number of amides is 5. The molecule has 8 heterocycles. The first-order chi connectivity index (χ1) is 56.9. The van der Waals surface area contributed by atoms with E-state index in [1.807, 2.05) is 109 Å². The third kappa shape index (κ3) is 35.9. The first-order valence-corrected chi connectivity index (χ1v) is 39.2. The van der Waals surface area contributed by atoms with Crippen LogP contribution >= 0.6 is 71.1 Å². The molecule has 0 spiro atoms. The molecule has 0 aliphatic heterocycles. The molecule has 7 aromatic carbocycles. The van der Waals surface area contributed by atoms with Crippen molar-refractivity contribution in [3.8, 4) is 11.5 Å². The SMILES string of the molecule is Clc1cnccn1.NCc1cn[nH]c1.Nc1ccc(S)cc1.Nc1ccc(Sc2cnccn2)cc1.O=C(Cl)Oc1ccccc1.O=C(NCc1cn[nH]c1)Nc1ccc(S(=O)(=O)c2cnccn2)cc1.O=C(NCc1cn[nH]c1)Nc1ccc(Sc2cnccn2)cc1.O=C(Nc1ccc(Sc2cnccn2)cc1)Oc1ccccc1. The number of aromatic nitrogens is 16. The Morgan fingerprint density at radius 1 is 0.427 bits per heavy atom. The molecule has 15 aromatic rings. The number of ether oxygens (including phenoxy) is 2. The molecule has 0 bridgehead atoms. The number of hydrogen-bond acceptors (Lipinski definition) is 28. The molecule has 0 radical (unpaired) electrons. The molecule has 0 unspecified atom stereocenters. The molecule has 0 aliphatic carbocycles. The van der Waals surface area contributed by atoms with Gasteiger partial charge in [-0.2, -0.15) is 15.3 Å². The number of carbonyl (C=O) groups excluding carboxylic acids is 4. The van der Waals surface area contributed by atoms with Crippen LogP contribution in [0.5, 0.6) is 11.5 Å². The highest BCUT2D eigenvalue weighted by Crippen LogP contribution is 2.29. The van der Waals surface area contributed by atoms with Crippen LogP contribution in [0.1, 0.15) is 16.7 Å². The molecule has 14 N–H and O–H groups in total.